The third-order valence-corrected chi connectivity index (χ3v) is 15.6. The van der Waals surface area contributed by atoms with Gasteiger partial charge in [-0.2, -0.15) is 0 Å². The first-order chi connectivity index (χ1) is 34.6. The molecule has 5 nitrogen and oxygen atoms in total. The fourth-order valence-corrected chi connectivity index (χ4v) is 10.6. The maximum atomic E-state index is 12.5. The van der Waals surface area contributed by atoms with E-state index in [1.807, 2.05) is 0 Å². The van der Waals surface area contributed by atoms with Gasteiger partial charge in [0.25, 0.3) is 0 Å². The molecule has 70 heavy (non-hydrogen) atoms. The number of hydrogen-bond acceptors (Lipinski definition) is 4. The zero-order valence-electron chi connectivity index (χ0n) is 47.9. The van der Waals surface area contributed by atoms with Crippen LogP contribution in [-0.4, -0.2) is 46.1 Å². The lowest BCUT2D eigenvalue weighted by Crippen LogP contribution is -2.50. The van der Waals surface area contributed by atoms with Crippen LogP contribution >= 0.6 is 0 Å². The molecule has 0 rings (SSSR count). The molecule has 0 saturated heterocycles. The topological polar surface area (TPSA) is 89.8 Å². The zero-order chi connectivity index (χ0) is 50.7. The number of amides is 1. The van der Waals surface area contributed by atoms with Gasteiger partial charge in [-0.3, -0.25) is 4.79 Å². The van der Waals surface area contributed by atoms with Crippen molar-refractivity contribution in [1.82, 2.24) is 5.32 Å². The minimum Gasteiger partial charge on any atom is -0.394 e. The molecule has 0 fully saturated rings. The summed E-state index contributed by atoms with van der Waals surface area (Å²) < 4.78 is 0. The molecule has 3 unspecified atom stereocenters. The van der Waals surface area contributed by atoms with Crippen molar-refractivity contribution in [3.05, 3.63) is 12.2 Å². The van der Waals surface area contributed by atoms with Crippen molar-refractivity contribution in [3.8, 4) is 0 Å². The van der Waals surface area contributed by atoms with Crippen LogP contribution in [-0.2, 0) is 4.79 Å². The minimum atomic E-state index is -1.13. The summed E-state index contributed by atoms with van der Waals surface area (Å²) in [6, 6.07) is -0.806. The van der Waals surface area contributed by atoms with Gasteiger partial charge in [0.15, 0.2) is 0 Å². The molecule has 0 aliphatic rings. The molecule has 0 aliphatic heterocycles. The first-order valence-electron chi connectivity index (χ1n) is 32.5. The van der Waals surface area contributed by atoms with Crippen LogP contribution in [0.1, 0.15) is 373 Å². The Morgan fingerprint density at radius 1 is 0.343 bits per heavy atom. The van der Waals surface area contributed by atoms with Gasteiger partial charge in [0.2, 0.25) is 5.91 Å². The Kier molecular flexibility index (Phi) is 59.9. The van der Waals surface area contributed by atoms with Gasteiger partial charge < -0.3 is 20.6 Å². The molecule has 0 radical (unpaired) electrons. The number of unbranched alkanes of at least 4 members (excludes halogenated alkanes) is 51. The van der Waals surface area contributed by atoms with Crippen molar-refractivity contribution < 1.29 is 20.1 Å². The highest BCUT2D eigenvalue weighted by Gasteiger charge is 2.26. The first kappa shape index (κ1) is 69.1. The van der Waals surface area contributed by atoms with Crippen LogP contribution in [0.15, 0.2) is 12.2 Å². The van der Waals surface area contributed by atoms with Gasteiger partial charge in [-0.25, -0.2) is 0 Å². The van der Waals surface area contributed by atoms with Gasteiger partial charge in [-0.1, -0.05) is 341 Å². The summed E-state index contributed by atoms with van der Waals surface area (Å²) >= 11 is 0. The standard InChI is InChI=1S/C65H129NO4/c1-3-5-7-9-11-13-15-17-19-21-22-23-24-25-26-27-28-29-30-31-32-33-34-35-36-37-38-39-40-41-42-44-46-48-50-52-54-56-58-60-64(69)66-62(61-67)65(70)63(68)59-57-55-53-51-49-47-45-43-20-18-16-14-12-10-8-6-4-2/h31-32,62-63,65,67-68,70H,3-30,33-61H2,1-2H3,(H,66,69)/b32-31-. The molecule has 0 bridgehead atoms. The lowest BCUT2D eigenvalue weighted by Gasteiger charge is -2.26. The second-order valence-corrected chi connectivity index (χ2v) is 22.7. The third-order valence-electron chi connectivity index (χ3n) is 15.6. The second kappa shape index (κ2) is 60.6. The van der Waals surface area contributed by atoms with Crippen LogP contribution in [0, 0.1) is 0 Å². The van der Waals surface area contributed by atoms with Crippen LogP contribution in [0.5, 0.6) is 0 Å². The van der Waals surface area contributed by atoms with E-state index in [2.05, 4.69) is 31.3 Å². The fourth-order valence-electron chi connectivity index (χ4n) is 10.6. The maximum absolute atomic E-state index is 12.5. The van der Waals surface area contributed by atoms with Crippen LogP contribution in [0.2, 0.25) is 0 Å². The monoisotopic (exact) mass is 988 g/mol. The normalized spacial score (nSPS) is 13.2. The van der Waals surface area contributed by atoms with Crippen LogP contribution < -0.4 is 5.32 Å². The highest BCUT2D eigenvalue weighted by Crippen LogP contribution is 2.19. The average molecular weight is 989 g/mol. The maximum Gasteiger partial charge on any atom is 0.220 e. The SMILES string of the molecule is CCCCCCCCCCCCCCCCCCCC/C=C\CCCCCCCCCCCCCCCCCCCC(=O)NC(CO)C(O)C(O)CCCCCCCCCCCCCCCCCCC. The van der Waals surface area contributed by atoms with E-state index in [4.69, 9.17) is 0 Å². The minimum absolute atomic E-state index is 0.137. The number of rotatable bonds is 61. The second-order valence-electron chi connectivity index (χ2n) is 22.7. The van der Waals surface area contributed by atoms with Crippen LogP contribution in [0.3, 0.4) is 0 Å². The first-order valence-corrected chi connectivity index (χ1v) is 32.5. The highest BCUT2D eigenvalue weighted by atomic mass is 16.3. The van der Waals surface area contributed by atoms with E-state index in [0.29, 0.717) is 12.8 Å². The zero-order valence-corrected chi connectivity index (χ0v) is 47.9. The van der Waals surface area contributed by atoms with Crippen molar-refractivity contribution in [1.29, 1.82) is 0 Å². The van der Waals surface area contributed by atoms with Crippen molar-refractivity contribution >= 4 is 5.91 Å². The Bertz CT molecular complexity index is 1000. The molecular weight excluding hydrogens is 859 g/mol. The molecule has 0 saturated carbocycles. The van der Waals surface area contributed by atoms with Crippen molar-refractivity contribution in [3.63, 3.8) is 0 Å². The molecule has 0 aromatic carbocycles. The van der Waals surface area contributed by atoms with Gasteiger partial charge in [0.05, 0.1) is 18.8 Å². The van der Waals surface area contributed by atoms with E-state index in [9.17, 15) is 20.1 Å². The fraction of sp³-hybridized carbons (Fsp3) is 0.954. The summed E-state index contributed by atoms with van der Waals surface area (Å²) in [7, 11) is 0. The van der Waals surface area contributed by atoms with Gasteiger partial charge in [0.1, 0.15) is 6.10 Å². The van der Waals surface area contributed by atoms with Gasteiger partial charge >= 0.3 is 0 Å². The number of nitrogens with one attached hydrogen (secondary N) is 1. The molecule has 0 heterocycles. The number of aliphatic hydroxyl groups is 3. The van der Waals surface area contributed by atoms with Crippen molar-refractivity contribution in [2.45, 2.75) is 392 Å². The summed E-state index contributed by atoms with van der Waals surface area (Å²) in [6.07, 6.45) is 77.0. The van der Waals surface area contributed by atoms with E-state index >= 15 is 0 Å². The number of carbonyl (C=O) groups is 1. The Labute approximate surface area is 440 Å². The predicted molar refractivity (Wildman–Crippen MR) is 310 cm³/mol. The Morgan fingerprint density at radius 3 is 0.829 bits per heavy atom. The quantitative estimate of drug-likeness (QED) is 0.0361. The van der Waals surface area contributed by atoms with E-state index in [1.54, 1.807) is 0 Å². The molecule has 0 aliphatic carbocycles. The third kappa shape index (κ3) is 54.9. The van der Waals surface area contributed by atoms with Crippen LogP contribution in [0.25, 0.3) is 0 Å². The Hall–Kier alpha value is -0.910. The van der Waals surface area contributed by atoms with Gasteiger partial charge in [-0.05, 0) is 38.5 Å². The molecule has 418 valence electrons. The van der Waals surface area contributed by atoms with Crippen molar-refractivity contribution in [2.75, 3.05) is 6.61 Å². The molecule has 4 N–H and O–H groups in total. The van der Waals surface area contributed by atoms with E-state index < -0.39 is 18.2 Å². The summed E-state index contributed by atoms with van der Waals surface area (Å²) in [6.45, 7) is 4.23. The van der Waals surface area contributed by atoms with E-state index in [-0.39, 0.29) is 12.5 Å². The molecule has 1 amide bonds. The lowest BCUT2D eigenvalue weighted by atomic mass is 9.99. The summed E-state index contributed by atoms with van der Waals surface area (Å²) in [5, 5.41) is 33.8. The molecule has 3 atom stereocenters. The number of hydrogen-bond donors (Lipinski definition) is 4. The Morgan fingerprint density at radius 2 is 0.571 bits per heavy atom. The number of allylic oxidation sites excluding steroid dienone is 2. The highest BCUT2D eigenvalue weighted by molar-refractivity contribution is 5.76. The molecular formula is C65H129NO4. The molecule has 0 aromatic heterocycles. The molecule has 0 spiro atoms. The average Bonchev–Trinajstić information content (AvgIpc) is 3.36. The lowest BCUT2D eigenvalue weighted by molar-refractivity contribution is -0.124. The number of aliphatic hydroxyl groups excluding tert-OH is 3. The van der Waals surface area contributed by atoms with E-state index in [0.717, 1.165) is 32.1 Å². The summed E-state index contributed by atoms with van der Waals surface area (Å²) in [4.78, 5) is 12.5. The summed E-state index contributed by atoms with van der Waals surface area (Å²) in [5.74, 6) is -0.137. The smallest absolute Gasteiger partial charge is 0.220 e. The summed E-state index contributed by atoms with van der Waals surface area (Å²) in [5.41, 5.74) is 0. The largest absolute Gasteiger partial charge is 0.394 e. The number of carbonyl (C=O) groups excluding carboxylic acids is 1. The molecule has 5 heteroatoms. The molecule has 0 aromatic rings. The van der Waals surface area contributed by atoms with E-state index in [1.165, 1.54) is 315 Å². The van der Waals surface area contributed by atoms with Crippen LogP contribution in [0.4, 0.5) is 0 Å². The van der Waals surface area contributed by atoms with Gasteiger partial charge in [-0.15, -0.1) is 0 Å². The van der Waals surface area contributed by atoms with Gasteiger partial charge in [0, 0.05) is 6.42 Å². The Balaban J connectivity index is 3.42. The predicted octanol–water partition coefficient (Wildman–Crippen LogP) is 20.6. The van der Waals surface area contributed by atoms with Crippen molar-refractivity contribution in [2.24, 2.45) is 0 Å².